The van der Waals surface area contributed by atoms with Crippen molar-refractivity contribution in [3.05, 3.63) is 33.8 Å². The van der Waals surface area contributed by atoms with E-state index in [0.717, 1.165) is 61.2 Å². The Morgan fingerprint density at radius 3 is 2.52 bits per heavy atom. The van der Waals surface area contributed by atoms with E-state index >= 15 is 0 Å². The van der Waals surface area contributed by atoms with Gasteiger partial charge in [-0.1, -0.05) is 5.57 Å². The maximum Gasteiger partial charge on any atom is 0.254 e. The van der Waals surface area contributed by atoms with Crippen LogP contribution in [0.15, 0.2) is 43.8 Å². The second-order valence-corrected chi connectivity index (χ2v) is 8.57. The van der Waals surface area contributed by atoms with Gasteiger partial charge in [-0.05, 0) is 72.6 Å². The van der Waals surface area contributed by atoms with Gasteiger partial charge in [0.25, 0.3) is 5.91 Å². The van der Waals surface area contributed by atoms with Crippen LogP contribution in [0, 0.1) is 0 Å². The number of amides is 1. The standard InChI is InChI=1S/C22H32N4O/c1-14(2)19(16(4)20(23-6)25-22(5)10-11-22)21(27)26-12-9-18-17(13-26)8-7-15(3)24-18/h25H,6-13H2,1-5H3/b20-16-. The smallest absolute Gasteiger partial charge is 0.254 e. The molecule has 0 atom stereocenters. The SMILES string of the molecule is C=N/C(NC1(C)CC1)=C(\C)C(C(=O)N1CCC2=C(CCC(C)=N2)C1)=C(C)C. The summed E-state index contributed by atoms with van der Waals surface area (Å²) in [5.41, 5.74) is 6.48. The Hall–Kier alpha value is -2.17. The van der Waals surface area contributed by atoms with Crippen LogP contribution in [0.1, 0.15) is 66.7 Å². The number of carbonyl (C=O) groups is 1. The summed E-state index contributed by atoms with van der Waals surface area (Å²) in [6.07, 6.45) is 5.12. The van der Waals surface area contributed by atoms with Crippen LogP contribution in [0.2, 0.25) is 0 Å². The molecule has 146 valence electrons. The van der Waals surface area contributed by atoms with Gasteiger partial charge in [0.05, 0.1) is 0 Å². The third kappa shape index (κ3) is 4.23. The van der Waals surface area contributed by atoms with Crippen molar-refractivity contribution in [1.82, 2.24) is 10.2 Å². The van der Waals surface area contributed by atoms with Crippen molar-refractivity contribution in [2.24, 2.45) is 9.98 Å². The van der Waals surface area contributed by atoms with E-state index in [1.165, 1.54) is 17.0 Å². The Morgan fingerprint density at radius 2 is 1.93 bits per heavy atom. The molecule has 0 aromatic heterocycles. The Bertz CT molecular complexity index is 789. The van der Waals surface area contributed by atoms with Gasteiger partial charge in [0, 0.05) is 47.6 Å². The molecule has 0 saturated heterocycles. The van der Waals surface area contributed by atoms with E-state index in [9.17, 15) is 4.79 Å². The number of nitrogens with zero attached hydrogens (tertiary/aromatic N) is 3. The van der Waals surface area contributed by atoms with E-state index in [-0.39, 0.29) is 11.4 Å². The first-order chi connectivity index (χ1) is 12.7. The molecular weight excluding hydrogens is 336 g/mol. The average molecular weight is 369 g/mol. The number of rotatable bonds is 5. The molecular formula is C22H32N4O. The number of aliphatic imine (C=N–C) groups is 2. The van der Waals surface area contributed by atoms with E-state index in [4.69, 9.17) is 4.99 Å². The zero-order chi connectivity index (χ0) is 19.8. The topological polar surface area (TPSA) is 57.1 Å². The minimum Gasteiger partial charge on any atom is -0.365 e. The normalized spacial score (nSPS) is 21.7. The molecule has 5 nitrogen and oxygen atoms in total. The van der Waals surface area contributed by atoms with Crippen LogP contribution in [0.3, 0.4) is 0 Å². The molecule has 3 rings (SSSR count). The lowest BCUT2D eigenvalue weighted by atomic mass is 9.95. The molecule has 0 aromatic carbocycles. The minimum absolute atomic E-state index is 0.0919. The lowest BCUT2D eigenvalue weighted by Gasteiger charge is -2.33. The molecule has 2 heterocycles. The van der Waals surface area contributed by atoms with Crippen molar-refractivity contribution in [3.63, 3.8) is 0 Å². The zero-order valence-electron chi connectivity index (χ0n) is 17.4. The number of hydrogen-bond donors (Lipinski definition) is 1. The molecule has 1 aliphatic carbocycles. The Labute approximate surface area is 163 Å². The molecule has 0 bridgehead atoms. The third-order valence-electron chi connectivity index (χ3n) is 5.83. The first-order valence-electron chi connectivity index (χ1n) is 9.92. The Morgan fingerprint density at radius 1 is 1.22 bits per heavy atom. The number of allylic oxidation sites excluding steroid dienone is 1. The molecule has 1 amide bonds. The van der Waals surface area contributed by atoms with Crippen LogP contribution < -0.4 is 5.32 Å². The summed E-state index contributed by atoms with van der Waals surface area (Å²) in [5.74, 6) is 0.823. The van der Waals surface area contributed by atoms with Gasteiger partial charge < -0.3 is 10.2 Å². The van der Waals surface area contributed by atoms with E-state index in [1.54, 1.807) is 0 Å². The maximum atomic E-state index is 13.4. The van der Waals surface area contributed by atoms with Crippen molar-refractivity contribution < 1.29 is 4.79 Å². The van der Waals surface area contributed by atoms with Gasteiger partial charge >= 0.3 is 0 Å². The maximum absolute atomic E-state index is 13.4. The predicted octanol–water partition coefficient (Wildman–Crippen LogP) is 4.14. The van der Waals surface area contributed by atoms with E-state index in [2.05, 4.69) is 30.9 Å². The lowest BCUT2D eigenvalue weighted by Crippen LogP contribution is -2.39. The highest BCUT2D eigenvalue weighted by atomic mass is 16.2. The van der Waals surface area contributed by atoms with Gasteiger partial charge in [0.2, 0.25) is 0 Å². The van der Waals surface area contributed by atoms with Crippen LogP contribution in [-0.4, -0.2) is 41.9 Å². The highest BCUT2D eigenvalue weighted by Gasteiger charge is 2.38. The summed E-state index contributed by atoms with van der Waals surface area (Å²) in [4.78, 5) is 24.3. The zero-order valence-corrected chi connectivity index (χ0v) is 17.4. The summed E-state index contributed by atoms with van der Waals surface area (Å²) in [7, 11) is 0. The van der Waals surface area contributed by atoms with Crippen molar-refractivity contribution in [2.75, 3.05) is 13.1 Å². The molecule has 1 N–H and O–H groups in total. The quantitative estimate of drug-likeness (QED) is 0.450. The number of nitrogens with one attached hydrogen (secondary N) is 1. The van der Waals surface area contributed by atoms with Gasteiger partial charge in [-0.2, -0.15) is 0 Å². The molecule has 1 saturated carbocycles. The van der Waals surface area contributed by atoms with Crippen molar-refractivity contribution in [1.29, 1.82) is 0 Å². The summed E-state index contributed by atoms with van der Waals surface area (Å²) >= 11 is 0. The third-order valence-corrected chi connectivity index (χ3v) is 5.83. The van der Waals surface area contributed by atoms with Crippen LogP contribution >= 0.6 is 0 Å². The fraction of sp³-hybridized carbons (Fsp3) is 0.591. The molecule has 0 unspecified atom stereocenters. The van der Waals surface area contributed by atoms with E-state index in [0.29, 0.717) is 6.54 Å². The average Bonchev–Trinajstić information content (AvgIpc) is 3.36. The predicted molar refractivity (Wildman–Crippen MR) is 112 cm³/mol. The molecule has 27 heavy (non-hydrogen) atoms. The number of carbonyl (C=O) groups excluding carboxylic acids is 1. The summed E-state index contributed by atoms with van der Waals surface area (Å²) in [6, 6.07) is 0. The fourth-order valence-corrected chi connectivity index (χ4v) is 3.84. The Balaban J connectivity index is 1.85. The molecule has 0 radical (unpaired) electrons. The van der Waals surface area contributed by atoms with Gasteiger partial charge in [0.1, 0.15) is 5.82 Å². The molecule has 0 aromatic rings. The summed E-state index contributed by atoms with van der Waals surface area (Å²) in [6.45, 7) is 15.4. The fourth-order valence-electron chi connectivity index (χ4n) is 3.84. The van der Waals surface area contributed by atoms with E-state index < -0.39 is 0 Å². The highest BCUT2D eigenvalue weighted by molar-refractivity contribution is 5.99. The van der Waals surface area contributed by atoms with Gasteiger partial charge in [-0.3, -0.25) is 9.79 Å². The van der Waals surface area contributed by atoms with Crippen molar-refractivity contribution >= 4 is 18.3 Å². The minimum atomic E-state index is 0.0919. The van der Waals surface area contributed by atoms with Crippen LogP contribution in [0.4, 0.5) is 0 Å². The van der Waals surface area contributed by atoms with Crippen LogP contribution in [0.5, 0.6) is 0 Å². The Kier molecular flexibility index (Phi) is 5.41. The molecule has 1 fully saturated rings. The molecule has 3 aliphatic rings. The van der Waals surface area contributed by atoms with E-state index in [1.807, 2.05) is 25.7 Å². The van der Waals surface area contributed by atoms with Crippen molar-refractivity contribution in [2.45, 2.75) is 72.3 Å². The summed E-state index contributed by atoms with van der Waals surface area (Å²) in [5, 5.41) is 3.48. The first-order valence-corrected chi connectivity index (χ1v) is 9.92. The monoisotopic (exact) mass is 368 g/mol. The van der Waals surface area contributed by atoms with Gasteiger partial charge in [-0.15, -0.1) is 0 Å². The molecule has 5 heteroatoms. The number of hydrogen-bond acceptors (Lipinski definition) is 4. The molecule has 2 aliphatic heterocycles. The van der Waals surface area contributed by atoms with Gasteiger partial charge in [0.15, 0.2) is 0 Å². The summed E-state index contributed by atoms with van der Waals surface area (Å²) < 4.78 is 0. The largest absolute Gasteiger partial charge is 0.365 e. The van der Waals surface area contributed by atoms with Gasteiger partial charge in [-0.25, -0.2) is 4.99 Å². The highest BCUT2D eigenvalue weighted by Crippen LogP contribution is 2.36. The lowest BCUT2D eigenvalue weighted by molar-refractivity contribution is -0.126. The van der Waals surface area contributed by atoms with Crippen LogP contribution in [-0.2, 0) is 4.79 Å². The first kappa shape index (κ1) is 19.6. The van der Waals surface area contributed by atoms with Crippen molar-refractivity contribution in [3.8, 4) is 0 Å². The second-order valence-electron chi connectivity index (χ2n) is 8.57. The molecule has 0 spiro atoms. The van der Waals surface area contributed by atoms with Crippen LogP contribution in [0.25, 0.3) is 0 Å². The second kappa shape index (κ2) is 7.45.